The number of rotatable bonds is 9. The minimum Gasteiger partial charge on any atom is -0.365 e. The van der Waals surface area contributed by atoms with Gasteiger partial charge in [-0.3, -0.25) is 9.69 Å². The number of anilines is 2. The van der Waals surface area contributed by atoms with Crippen molar-refractivity contribution in [3.63, 3.8) is 0 Å². The van der Waals surface area contributed by atoms with E-state index in [2.05, 4.69) is 56.4 Å². The Morgan fingerprint density at radius 1 is 1.14 bits per heavy atom. The molecule has 0 radical (unpaired) electrons. The van der Waals surface area contributed by atoms with Crippen molar-refractivity contribution < 1.29 is 4.79 Å². The molecule has 3 heterocycles. The van der Waals surface area contributed by atoms with Gasteiger partial charge < -0.3 is 20.4 Å². The van der Waals surface area contributed by atoms with Crippen molar-refractivity contribution in [2.24, 2.45) is 5.41 Å². The molecule has 2 saturated heterocycles. The normalized spacial score (nSPS) is 19.6. The minimum atomic E-state index is -0.141. The zero-order valence-corrected chi connectivity index (χ0v) is 22.3. The molecule has 194 valence electrons. The number of piperazine rings is 1. The van der Waals surface area contributed by atoms with Crippen LogP contribution in [0.3, 0.4) is 0 Å². The average molecular weight is 512 g/mol. The number of nitrogens with zero attached hydrogens (tertiary/aromatic N) is 5. The molecule has 0 atom stereocenters. The summed E-state index contributed by atoms with van der Waals surface area (Å²) in [4.78, 5) is 29.6. The highest BCUT2D eigenvalue weighted by Gasteiger charge is 2.48. The van der Waals surface area contributed by atoms with Gasteiger partial charge >= 0.3 is 0 Å². The largest absolute Gasteiger partial charge is 0.365 e. The second-order valence-corrected chi connectivity index (χ2v) is 11.0. The summed E-state index contributed by atoms with van der Waals surface area (Å²) in [7, 11) is 2.15. The van der Waals surface area contributed by atoms with Crippen LogP contribution in [0.5, 0.6) is 0 Å². The Morgan fingerprint density at radius 3 is 2.64 bits per heavy atom. The topological polar surface area (TPSA) is 76.6 Å². The first-order valence-corrected chi connectivity index (χ1v) is 13.6. The molecule has 8 nitrogen and oxygen atoms in total. The van der Waals surface area contributed by atoms with Crippen LogP contribution in [0.2, 0.25) is 5.02 Å². The van der Waals surface area contributed by atoms with Gasteiger partial charge in [0.15, 0.2) is 0 Å². The molecule has 0 bridgehead atoms. The summed E-state index contributed by atoms with van der Waals surface area (Å²) < 4.78 is 0. The van der Waals surface area contributed by atoms with Gasteiger partial charge in [0, 0.05) is 70.1 Å². The molecule has 1 spiro atoms. The van der Waals surface area contributed by atoms with E-state index in [9.17, 15) is 4.79 Å². The summed E-state index contributed by atoms with van der Waals surface area (Å²) in [6.07, 6.45) is 6.39. The Hall–Kier alpha value is -2.42. The third kappa shape index (κ3) is 5.93. The van der Waals surface area contributed by atoms with Crippen molar-refractivity contribution in [3.05, 3.63) is 46.1 Å². The molecule has 2 N–H and O–H groups in total. The van der Waals surface area contributed by atoms with Crippen molar-refractivity contribution >= 4 is 29.3 Å². The van der Waals surface area contributed by atoms with Crippen molar-refractivity contribution in [3.8, 4) is 0 Å². The smallest absolute Gasteiger partial charge is 0.256 e. The Labute approximate surface area is 219 Å². The molecular weight excluding hydrogens is 474 g/mol. The fourth-order valence-corrected chi connectivity index (χ4v) is 5.52. The zero-order chi connectivity index (χ0) is 25.1. The molecule has 1 aromatic heterocycles. The lowest BCUT2D eigenvalue weighted by atomic mass is 10.1. The Kier molecular flexibility index (Phi) is 7.65. The highest BCUT2D eigenvalue weighted by atomic mass is 35.5. The highest BCUT2D eigenvalue weighted by molar-refractivity contribution is 6.31. The van der Waals surface area contributed by atoms with Gasteiger partial charge in [-0.15, -0.1) is 0 Å². The number of hydrogen-bond acceptors (Lipinski definition) is 7. The van der Waals surface area contributed by atoms with Crippen LogP contribution in [0.1, 0.15) is 47.7 Å². The van der Waals surface area contributed by atoms with Gasteiger partial charge in [-0.05, 0) is 55.3 Å². The predicted molar refractivity (Wildman–Crippen MR) is 145 cm³/mol. The molecule has 2 aliphatic heterocycles. The molecule has 2 aromatic rings. The monoisotopic (exact) mass is 511 g/mol. The van der Waals surface area contributed by atoms with E-state index in [1.807, 2.05) is 6.07 Å². The van der Waals surface area contributed by atoms with Crippen LogP contribution in [-0.2, 0) is 13.0 Å². The number of nitrogens with one attached hydrogen (secondary N) is 2. The Balaban J connectivity index is 1.27. The lowest BCUT2D eigenvalue weighted by molar-refractivity contribution is 0.0941. The second-order valence-electron chi connectivity index (χ2n) is 10.6. The van der Waals surface area contributed by atoms with E-state index in [1.54, 1.807) is 6.20 Å². The third-order valence-corrected chi connectivity index (χ3v) is 8.32. The summed E-state index contributed by atoms with van der Waals surface area (Å²) in [6.45, 7) is 10.3. The van der Waals surface area contributed by atoms with Crippen molar-refractivity contribution in [1.29, 1.82) is 0 Å². The Bertz CT molecular complexity index is 1080. The van der Waals surface area contributed by atoms with E-state index >= 15 is 0 Å². The van der Waals surface area contributed by atoms with Crippen molar-refractivity contribution in [2.75, 3.05) is 69.6 Å². The number of benzene rings is 1. The van der Waals surface area contributed by atoms with E-state index < -0.39 is 0 Å². The summed E-state index contributed by atoms with van der Waals surface area (Å²) in [6, 6.07) is 6.13. The zero-order valence-electron chi connectivity index (χ0n) is 21.5. The fourth-order valence-electron chi connectivity index (χ4n) is 5.18. The number of halogens is 1. The van der Waals surface area contributed by atoms with Gasteiger partial charge in [-0.2, -0.15) is 4.98 Å². The van der Waals surface area contributed by atoms with Crippen LogP contribution < -0.4 is 15.5 Å². The molecule has 3 fully saturated rings. The molecule has 0 unspecified atom stereocenters. The third-order valence-electron chi connectivity index (χ3n) is 7.97. The number of aryl methyl sites for hydroxylation is 1. The van der Waals surface area contributed by atoms with Gasteiger partial charge in [0.2, 0.25) is 5.95 Å². The summed E-state index contributed by atoms with van der Waals surface area (Å²) in [5.41, 5.74) is 3.15. The van der Waals surface area contributed by atoms with Crippen LogP contribution in [-0.4, -0.2) is 85.1 Å². The van der Waals surface area contributed by atoms with Gasteiger partial charge in [0.1, 0.15) is 11.4 Å². The van der Waals surface area contributed by atoms with Crippen LogP contribution in [0.15, 0.2) is 24.4 Å². The molecule has 1 saturated carbocycles. The van der Waals surface area contributed by atoms with Gasteiger partial charge in [0.05, 0.1) is 0 Å². The summed E-state index contributed by atoms with van der Waals surface area (Å²) >= 11 is 6.44. The fraction of sp³-hybridized carbons (Fsp3) is 0.593. The molecule has 3 aliphatic rings. The van der Waals surface area contributed by atoms with E-state index in [0.717, 1.165) is 68.4 Å². The SMILES string of the molecule is CCc1ccc(CNc2nc(N3CCC4(CC4)C3)ncc2C(=O)NCCN2CCN(C)CC2)cc1Cl. The number of hydrogen-bond donors (Lipinski definition) is 2. The predicted octanol–water partition coefficient (Wildman–Crippen LogP) is 3.27. The molecule has 1 aliphatic carbocycles. The molecule has 36 heavy (non-hydrogen) atoms. The second kappa shape index (κ2) is 10.9. The first kappa shape index (κ1) is 25.2. The summed E-state index contributed by atoms with van der Waals surface area (Å²) in [5, 5.41) is 7.26. The number of carbonyl (C=O) groups is 1. The Morgan fingerprint density at radius 2 is 1.94 bits per heavy atom. The number of carbonyl (C=O) groups excluding carboxylic acids is 1. The number of aromatic nitrogens is 2. The molecule has 5 rings (SSSR count). The van der Waals surface area contributed by atoms with Gasteiger partial charge in [-0.25, -0.2) is 4.98 Å². The van der Waals surface area contributed by atoms with Gasteiger partial charge in [-0.1, -0.05) is 30.7 Å². The lowest BCUT2D eigenvalue weighted by Gasteiger charge is -2.32. The lowest BCUT2D eigenvalue weighted by Crippen LogP contribution is -2.46. The van der Waals surface area contributed by atoms with Crippen LogP contribution in [0.25, 0.3) is 0 Å². The molecule has 1 aromatic carbocycles. The van der Waals surface area contributed by atoms with Crippen molar-refractivity contribution in [2.45, 2.75) is 39.2 Å². The maximum absolute atomic E-state index is 13.2. The van der Waals surface area contributed by atoms with E-state index in [-0.39, 0.29) is 5.91 Å². The van der Waals surface area contributed by atoms with E-state index in [0.29, 0.717) is 35.8 Å². The van der Waals surface area contributed by atoms with E-state index in [1.165, 1.54) is 19.3 Å². The number of likely N-dealkylation sites (N-methyl/N-ethyl adjacent to an activating group) is 1. The molecule has 1 amide bonds. The highest BCUT2D eigenvalue weighted by Crippen LogP contribution is 2.53. The summed E-state index contributed by atoms with van der Waals surface area (Å²) in [5.74, 6) is 1.14. The van der Waals surface area contributed by atoms with Crippen molar-refractivity contribution in [1.82, 2.24) is 25.1 Å². The quantitative estimate of drug-likeness (QED) is 0.535. The first-order chi connectivity index (χ1) is 17.4. The first-order valence-electron chi connectivity index (χ1n) is 13.3. The van der Waals surface area contributed by atoms with Crippen LogP contribution in [0.4, 0.5) is 11.8 Å². The van der Waals surface area contributed by atoms with Gasteiger partial charge in [0.25, 0.3) is 5.91 Å². The number of amides is 1. The van der Waals surface area contributed by atoms with Crippen LogP contribution >= 0.6 is 11.6 Å². The maximum Gasteiger partial charge on any atom is 0.256 e. The maximum atomic E-state index is 13.2. The van der Waals surface area contributed by atoms with E-state index in [4.69, 9.17) is 16.6 Å². The standard InChI is InChI=1S/C27H38ClN7O/c1-3-21-5-4-20(16-23(21)28)17-30-24-22(25(36)29-9-11-34-14-12-33(2)13-15-34)18-31-26(32-24)35-10-8-27(19-35)6-7-27/h4-5,16,18H,3,6-15,17,19H2,1-2H3,(H,29,36)(H,30,31,32). The molecular formula is C27H38ClN7O. The average Bonchev–Trinajstić information content (AvgIpc) is 3.51. The molecule has 9 heteroatoms. The van der Waals surface area contributed by atoms with Crippen LogP contribution in [0, 0.1) is 5.41 Å². The minimum absolute atomic E-state index is 0.141.